The molecule has 7 heteroatoms. The third-order valence-electron chi connectivity index (χ3n) is 4.37. The van der Waals surface area contributed by atoms with Crippen LogP contribution in [0.4, 0.5) is 11.4 Å². The number of fused-ring (bicyclic) bond motifs is 1. The number of amides is 1. The van der Waals surface area contributed by atoms with Crippen LogP contribution in [0.15, 0.2) is 54.9 Å². The molecule has 0 atom stereocenters. The van der Waals surface area contributed by atoms with E-state index < -0.39 is 0 Å². The maximum absolute atomic E-state index is 13.3. The van der Waals surface area contributed by atoms with Crippen molar-refractivity contribution < 1.29 is 9.53 Å². The highest BCUT2D eigenvalue weighted by molar-refractivity contribution is 6.09. The predicted molar refractivity (Wildman–Crippen MR) is 99.3 cm³/mol. The summed E-state index contributed by atoms with van der Waals surface area (Å²) in [5, 5.41) is 7.85. The summed E-state index contributed by atoms with van der Waals surface area (Å²) in [4.78, 5) is 17.1. The molecule has 2 heterocycles. The number of carbonyl (C=O) groups is 1. The van der Waals surface area contributed by atoms with Crippen molar-refractivity contribution in [2.45, 2.75) is 0 Å². The molecule has 0 fully saturated rings. The van der Waals surface area contributed by atoms with Crippen molar-refractivity contribution in [1.29, 1.82) is 0 Å². The van der Waals surface area contributed by atoms with Crippen molar-refractivity contribution in [2.75, 3.05) is 37.0 Å². The fourth-order valence-corrected chi connectivity index (χ4v) is 3.03. The summed E-state index contributed by atoms with van der Waals surface area (Å²) in [6.07, 6.45) is 3.32. The molecular weight excluding hydrogens is 330 g/mol. The molecule has 0 spiro atoms. The molecule has 0 radical (unpaired) electrons. The summed E-state index contributed by atoms with van der Waals surface area (Å²) in [5.41, 5.74) is 3.08. The van der Waals surface area contributed by atoms with Crippen molar-refractivity contribution in [1.82, 2.24) is 15.0 Å². The fourth-order valence-electron chi connectivity index (χ4n) is 3.03. The first-order chi connectivity index (χ1) is 12.6. The average molecular weight is 349 g/mol. The molecular formula is C19H19N5O2. The van der Waals surface area contributed by atoms with Gasteiger partial charge in [0.05, 0.1) is 35.9 Å². The van der Waals surface area contributed by atoms with Gasteiger partial charge in [-0.25, -0.2) is 4.68 Å². The van der Waals surface area contributed by atoms with Crippen LogP contribution in [-0.2, 0) is 0 Å². The predicted octanol–water partition coefficient (Wildman–Crippen LogP) is 2.37. The molecule has 1 amide bonds. The molecule has 26 heavy (non-hydrogen) atoms. The van der Waals surface area contributed by atoms with Crippen molar-refractivity contribution in [3.8, 4) is 11.4 Å². The molecule has 3 aromatic rings. The minimum absolute atomic E-state index is 0.0850. The number of rotatable bonds is 3. The van der Waals surface area contributed by atoms with Crippen LogP contribution in [-0.4, -0.2) is 48.1 Å². The maximum atomic E-state index is 13.3. The standard InChI is InChI=1S/C19H19N5O2/c1-22(2)14-7-8-17-18(13-14)26-12-11-23(17)19(25)15-5-3-4-6-16(15)24-10-9-20-21-24/h3-10,13H,11-12H2,1-2H3. The molecule has 2 aromatic carbocycles. The van der Waals surface area contributed by atoms with Gasteiger partial charge in [0.2, 0.25) is 0 Å². The number of para-hydroxylation sites is 1. The Labute approximate surface area is 151 Å². The Morgan fingerprint density at radius 2 is 2.00 bits per heavy atom. The highest BCUT2D eigenvalue weighted by Crippen LogP contribution is 2.36. The van der Waals surface area contributed by atoms with E-state index in [1.54, 1.807) is 22.0 Å². The first kappa shape index (κ1) is 16.1. The molecule has 132 valence electrons. The van der Waals surface area contributed by atoms with E-state index in [1.807, 2.05) is 61.5 Å². The van der Waals surface area contributed by atoms with E-state index >= 15 is 0 Å². The lowest BCUT2D eigenvalue weighted by Gasteiger charge is -2.31. The maximum Gasteiger partial charge on any atom is 0.260 e. The molecule has 1 aliphatic rings. The van der Waals surface area contributed by atoms with E-state index in [4.69, 9.17) is 4.74 Å². The topological polar surface area (TPSA) is 63.5 Å². The van der Waals surface area contributed by atoms with E-state index in [0.29, 0.717) is 30.2 Å². The Balaban J connectivity index is 1.74. The van der Waals surface area contributed by atoms with Crippen LogP contribution in [0.3, 0.4) is 0 Å². The lowest BCUT2D eigenvalue weighted by atomic mass is 10.1. The number of hydrogen-bond acceptors (Lipinski definition) is 5. The molecule has 0 aliphatic carbocycles. The molecule has 0 saturated carbocycles. The Morgan fingerprint density at radius 3 is 2.77 bits per heavy atom. The van der Waals surface area contributed by atoms with Crippen LogP contribution >= 0.6 is 0 Å². The lowest BCUT2D eigenvalue weighted by molar-refractivity contribution is 0.0976. The van der Waals surface area contributed by atoms with Crippen molar-refractivity contribution in [3.05, 3.63) is 60.4 Å². The van der Waals surface area contributed by atoms with Crippen molar-refractivity contribution in [2.24, 2.45) is 0 Å². The van der Waals surface area contributed by atoms with Gasteiger partial charge < -0.3 is 14.5 Å². The molecule has 7 nitrogen and oxygen atoms in total. The van der Waals surface area contributed by atoms with E-state index in [2.05, 4.69) is 10.3 Å². The second-order valence-corrected chi connectivity index (χ2v) is 6.22. The number of nitrogens with zero attached hydrogens (tertiary/aromatic N) is 5. The molecule has 1 aromatic heterocycles. The van der Waals surface area contributed by atoms with Crippen LogP contribution in [0, 0.1) is 0 Å². The van der Waals surface area contributed by atoms with Crippen LogP contribution in [0.1, 0.15) is 10.4 Å². The summed E-state index contributed by atoms with van der Waals surface area (Å²) in [6, 6.07) is 13.3. The third kappa shape index (κ3) is 2.77. The minimum Gasteiger partial charge on any atom is -0.489 e. The first-order valence-corrected chi connectivity index (χ1v) is 8.37. The minimum atomic E-state index is -0.0850. The van der Waals surface area contributed by atoms with Gasteiger partial charge in [-0.3, -0.25) is 4.79 Å². The van der Waals surface area contributed by atoms with Gasteiger partial charge in [-0.15, -0.1) is 5.10 Å². The van der Waals surface area contributed by atoms with Gasteiger partial charge in [-0.05, 0) is 24.3 Å². The Morgan fingerprint density at radius 1 is 1.15 bits per heavy atom. The van der Waals surface area contributed by atoms with Gasteiger partial charge in [0.15, 0.2) is 0 Å². The number of benzene rings is 2. The molecule has 0 saturated heterocycles. The Bertz CT molecular complexity index is 937. The number of carbonyl (C=O) groups excluding carboxylic acids is 1. The number of hydrogen-bond donors (Lipinski definition) is 0. The number of aromatic nitrogens is 3. The molecule has 4 rings (SSSR count). The summed E-state index contributed by atoms with van der Waals surface area (Å²) >= 11 is 0. The van der Waals surface area contributed by atoms with Gasteiger partial charge in [0.25, 0.3) is 5.91 Å². The smallest absolute Gasteiger partial charge is 0.260 e. The lowest BCUT2D eigenvalue weighted by Crippen LogP contribution is -2.38. The van der Waals surface area contributed by atoms with Crippen molar-refractivity contribution >= 4 is 17.3 Å². The van der Waals surface area contributed by atoms with E-state index in [1.165, 1.54) is 0 Å². The third-order valence-corrected chi connectivity index (χ3v) is 4.37. The summed E-state index contributed by atoms with van der Waals surface area (Å²) in [6.45, 7) is 0.958. The molecule has 1 aliphatic heterocycles. The van der Waals surface area contributed by atoms with Gasteiger partial charge >= 0.3 is 0 Å². The van der Waals surface area contributed by atoms with Gasteiger partial charge in [0, 0.05) is 25.8 Å². The van der Waals surface area contributed by atoms with Crippen LogP contribution in [0.2, 0.25) is 0 Å². The largest absolute Gasteiger partial charge is 0.489 e. The highest BCUT2D eigenvalue weighted by atomic mass is 16.5. The normalized spacial score (nSPS) is 13.1. The molecule has 0 unspecified atom stereocenters. The zero-order chi connectivity index (χ0) is 18.1. The van der Waals surface area contributed by atoms with Gasteiger partial charge in [0.1, 0.15) is 12.4 Å². The van der Waals surface area contributed by atoms with Crippen molar-refractivity contribution in [3.63, 3.8) is 0 Å². The second kappa shape index (κ2) is 6.51. The van der Waals surface area contributed by atoms with E-state index in [-0.39, 0.29) is 5.91 Å². The fraction of sp³-hybridized carbons (Fsp3) is 0.211. The monoisotopic (exact) mass is 349 g/mol. The molecule has 0 N–H and O–H groups in total. The van der Waals surface area contributed by atoms with Gasteiger partial charge in [-0.1, -0.05) is 17.3 Å². The Kier molecular flexibility index (Phi) is 4.04. The van der Waals surface area contributed by atoms with Crippen LogP contribution in [0.25, 0.3) is 5.69 Å². The number of ether oxygens (including phenoxy) is 1. The second-order valence-electron chi connectivity index (χ2n) is 6.22. The average Bonchev–Trinajstić information content (AvgIpc) is 3.21. The zero-order valence-corrected chi connectivity index (χ0v) is 14.7. The zero-order valence-electron chi connectivity index (χ0n) is 14.7. The Hall–Kier alpha value is -3.35. The van der Waals surface area contributed by atoms with Gasteiger partial charge in [-0.2, -0.15) is 0 Å². The summed E-state index contributed by atoms with van der Waals surface area (Å²) in [7, 11) is 3.95. The van der Waals surface area contributed by atoms with E-state index in [9.17, 15) is 4.79 Å². The first-order valence-electron chi connectivity index (χ1n) is 8.37. The highest BCUT2D eigenvalue weighted by Gasteiger charge is 2.27. The quantitative estimate of drug-likeness (QED) is 0.726. The van der Waals surface area contributed by atoms with Crippen LogP contribution < -0.4 is 14.5 Å². The van der Waals surface area contributed by atoms with E-state index in [0.717, 1.165) is 11.4 Å². The number of anilines is 2. The summed E-state index contributed by atoms with van der Waals surface area (Å²) < 4.78 is 7.39. The van der Waals surface area contributed by atoms with Crippen LogP contribution in [0.5, 0.6) is 5.75 Å². The molecule has 0 bridgehead atoms. The SMILES string of the molecule is CN(C)c1ccc2c(c1)OCCN2C(=O)c1ccccc1-n1ccnn1. The summed E-state index contributed by atoms with van der Waals surface area (Å²) in [5.74, 6) is 0.632.